The number of piperidine rings is 1. The minimum Gasteiger partial charge on any atom is -0.372 e. The highest BCUT2D eigenvalue weighted by molar-refractivity contribution is 5.80. The molecular weight excluding hydrogens is 238 g/mol. The third kappa shape index (κ3) is 2.99. The highest BCUT2D eigenvalue weighted by Gasteiger charge is 2.09. The molecule has 2 heterocycles. The number of anilines is 1. The molecule has 0 N–H and O–H groups in total. The Balaban J connectivity index is 1.68. The van der Waals surface area contributed by atoms with Gasteiger partial charge in [-0.3, -0.25) is 0 Å². The van der Waals surface area contributed by atoms with Crippen LogP contribution in [0.4, 0.5) is 5.69 Å². The van der Waals surface area contributed by atoms with Crippen LogP contribution in [0.25, 0.3) is 0 Å². The molecule has 0 amide bonds. The van der Waals surface area contributed by atoms with Crippen molar-refractivity contribution < 1.29 is 0 Å². The van der Waals surface area contributed by atoms with E-state index in [2.05, 4.69) is 44.5 Å². The van der Waals surface area contributed by atoms with Gasteiger partial charge in [-0.05, 0) is 37.0 Å². The first kappa shape index (κ1) is 11.9. The van der Waals surface area contributed by atoms with Crippen LogP contribution in [0.1, 0.15) is 24.8 Å². The lowest BCUT2D eigenvalue weighted by Gasteiger charge is -2.28. The molecule has 1 aliphatic heterocycles. The van der Waals surface area contributed by atoms with E-state index in [4.69, 9.17) is 0 Å². The summed E-state index contributed by atoms with van der Waals surface area (Å²) in [6.45, 7) is 2.35. The van der Waals surface area contributed by atoms with Gasteiger partial charge in [-0.25, -0.2) is 4.68 Å². The molecule has 0 radical (unpaired) electrons. The Hall–Kier alpha value is -2.17. The lowest BCUT2D eigenvalue weighted by Crippen LogP contribution is -2.29. The molecule has 0 aliphatic carbocycles. The van der Waals surface area contributed by atoms with Crippen molar-refractivity contribution in [1.29, 1.82) is 0 Å². The molecule has 5 nitrogen and oxygen atoms in total. The van der Waals surface area contributed by atoms with Crippen LogP contribution in [-0.4, -0.2) is 34.2 Å². The van der Waals surface area contributed by atoms with Gasteiger partial charge in [0.15, 0.2) is 0 Å². The van der Waals surface area contributed by atoms with Gasteiger partial charge in [0.2, 0.25) is 0 Å². The summed E-state index contributed by atoms with van der Waals surface area (Å²) in [6, 6.07) is 8.52. The molecule has 0 spiro atoms. The molecule has 98 valence electrons. The van der Waals surface area contributed by atoms with Crippen LogP contribution in [0.3, 0.4) is 0 Å². The normalized spacial score (nSPS) is 16.1. The van der Waals surface area contributed by atoms with E-state index in [9.17, 15) is 0 Å². The Morgan fingerprint density at radius 1 is 0.947 bits per heavy atom. The summed E-state index contributed by atoms with van der Waals surface area (Å²) >= 11 is 0. The van der Waals surface area contributed by atoms with Crippen molar-refractivity contribution in [2.45, 2.75) is 19.3 Å². The summed E-state index contributed by atoms with van der Waals surface area (Å²) < 4.78 is 1.58. The summed E-state index contributed by atoms with van der Waals surface area (Å²) in [5.74, 6) is 0. The van der Waals surface area contributed by atoms with E-state index >= 15 is 0 Å². The number of hydrogen-bond donors (Lipinski definition) is 0. The van der Waals surface area contributed by atoms with E-state index in [0.717, 1.165) is 5.56 Å². The summed E-state index contributed by atoms with van der Waals surface area (Å²) in [4.78, 5) is 2.45. The zero-order valence-electron chi connectivity index (χ0n) is 10.8. The fourth-order valence-electron chi connectivity index (χ4n) is 2.31. The van der Waals surface area contributed by atoms with Crippen LogP contribution in [-0.2, 0) is 0 Å². The zero-order valence-corrected chi connectivity index (χ0v) is 10.8. The highest BCUT2D eigenvalue weighted by atomic mass is 15.4. The second-order valence-corrected chi connectivity index (χ2v) is 4.73. The summed E-state index contributed by atoms with van der Waals surface area (Å²) in [6.07, 6.45) is 8.91. The minimum atomic E-state index is 1.08. The smallest absolute Gasteiger partial charge is 0.141 e. The van der Waals surface area contributed by atoms with Gasteiger partial charge in [0.05, 0.1) is 6.21 Å². The Bertz CT molecular complexity index is 523. The van der Waals surface area contributed by atoms with Crippen molar-refractivity contribution >= 4 is 11.9 Å². The molecule has 1 fully saturated rings. The van der Waals surface area contributed by atoms with Crippen LogP contribution < -0.4 is 4.90 Å². The Kier molecular flexibility index (Phi) is 3.54. The predicted octanol–water partition coefficient (Wildman–Crippen LogP) is 2.15. The van der Waals surface area contributed by atoms with Crippen LogP contribution in [0.15, 0.2) is 42.0 Å². The van der Waals surface area contributed by atoms with E-state index in [0.29, 0.717) is 0 Å². The lowest BCUT2D eigenvalue weighted by atomic mass is 10.1. The van der Waals surface area contributed by atoms with E-state index in [1.165, 1.54) is 38.0 Å². The summed E-state index contributed by atoms with van der Waals surface area (Å²) in [7, 11) is 0. The number of benzene rings is 1. The third-order valence-electron chi connectivity index (χ3n) is 3.36. The number of aromatic nitrogens is 3. The second kappa shape index (κ2) is 5.65. The van der Waals surface area contributed by atoms with E-state index in [-0.39, 0.29) is 0 Å². The fraction of sp³-hybridized carbons (Fsp3) is 0.357. The van der Waals surface area contributed by atoms with Gasteiger partial charge in [0, 0.05) is 18.8 Å². The highest BCUT2D eigenvalue weighted by Crippen LogP contribution is 2.19. The first-order valence-electron chi connectivity index (χ1n) is 6.66. The van der Waals surface area contributed by atoms with Gasteiger partial charge >= 0.3 is 0 Å². The van der Waals surface area contributed by atoms with Gasteiger partial charge in [-0.2, -0.15) is 5.10 Å². The minimum absolute atomic E-state index is 1.08. The van der Waals surface area contributed by atoms with Crippen LogP contribution in [0, 0.1) is 0 Å². The molecule has 0 atom stereocenters. The maximum absolute atomic E-state index is 4.23. The van der Waals surface area contributed by atoms with E-state index in [1.807, 2.05) is 6.21 Å². The summed E-state index contributed by atoms with van der Waals surface area (Å²) in [5.41, 5.74) is 2.38. The molecular formula is C14H17N5. The van der Waals surface area contributed by atoms with Crippen molar-refractivity contribution in [2.24, 2.45) is 5.10 Å². The van der Waals surface area contributed by atoms with E-state index in [1.54, 1.807) is 17.3 Å². The molecule has 1 aromatic carbocycles. The maximum atomic E-state index is 4.23. The first-order chi connectivity index (χ1) is 9.42. The van der Waals surface area contributed by atoms with Gasteiger partial charge in [0.25, 0.3) is 0 Å². The monoisotopic (exact) mass is 255 g/mol. The average Bonchev–Trinajstić information content (AvgIpc) is 3.00. The Labute approximate surface area is 112 Å². The van der Waals surface area contributed by atoms with Crippen LogP contribution in [0.2, 0.25) is 0 Å². The third-order valence-corrected chi connectivity index (χ3v) is 3.36. The molecule has 1 aromatic heterocycles. The zero-order chi connectivity index (χ0) is 12.9. The number of hydrogen-bond acceptors (Lipinski definition) is 4. The molecule has 0 unspecified atom stereocenters. The Morgan fingerprint density at radius 2 is 1.63 bits per heavy atom. The van der Waals surface area contributed by atoms with Crippen LogP contribution >= 0.6 is 0 Å². The molecule has 19 heavy (non-hydrogen) atoms. The first-order valence-corrected chi connectivity index (χ1v) is 6.66. The second-order valence-electron chi connectivity index (χ2n) is 4.73. The average molecular weight is 255 g/mol. The quantitative estimate of drug-likeness (QED) is 0.789. The topological polar surface area (TPSA) is 46.3 Å². The standard InChI is InChI=1S/C14H17N5/c1-2-8-18(9-3-1)14-6-4-13(5-7-14)10-17-19-11-15-16-12-19/h4-7,10-12H,1-3,8-9H2. The Morgan fingerprint density at radius 3 is 2.32 bits per heavy atom. The number of nitrogens with zero attached hydrogens (tertiary/aromatic N) is 5. The van der Waals surface area contributed by atoms with E-state index < -0.39 is 0 Å². The van der Waals surface area contributed by atoms with Crippen molar-refractivity contribution in [1.82, 2.24) is 14.9 Å². The van der Waals surface area contributed by atoms with Gasteiger partial charge in [-0.1, -0.05) is 12.1 Å². The van der Waals surface area contributed by atoms with Crippen molar-refractivity contribution in [3.63, 3.8) is 0 Å². The molecule has 5 heteroatoms. The largest absolute Gasteiger partial charge is 0.372 e. The predicted molar refractivity (Wildman–Crippen MR) is 75.5 cm³/mol. The van der Waals surface area contributed by atoms with Gasteiger partial charge in [-0.15, -0.1) is 10.2 Å². The van der Waals surface area contributed by atoms with Gasteiger partial charge in [0.1, 0.15) is 12.7 Å². The van der Waals surface area contributed by atoms with Crippen molar-refractivity contribution in [2.75, 3.05) is 18.0 Å². The van der Waals surface area contributed by atoms with Crippen LogP contribution in [0.5, 0.6) is 0 Å². The fourth-order valence-corrected chi connectivity index (χ4v) is 2.31. The summed E-state index contributed by atoms with van der Waals surface area (Å²) in [5, 5.41) is 11.6. The SMILES string of the molecule is C(=Nn1cnnc1)c1ccc(N2CCCCC2)cc1. The van der Waals surface area contributed by atoms with Crippen molar-refractivity contribution in [3.8, 4) is 0 Å². The lowest BCUT2D eigenvalue weighted by molar-refractivity contribution is 0.578. The van der Waals surface area contributed by atoms with Gasteiger partial charge < -0.3 is 4.90 Å². The molecule has 2 aromatic rings. The molecule has 0 saturated carbocycles. The van der Waals surface area contributed by atoms with Crippen molar-refractivity contribution in [3.05, 3.63) is 42.5 Å². The number of rotatable bonds is 3. The molecule has 0 bridgehead atoms. The maximum Gasteiger partial charge on any atom is 0.141 e. The molecule has 1 saturated heterocycles. The molecule has 1 aliphatic rings. The molecule has 3 rings (SSSR count).